The summed E-state index contributed by atoms with van der Waals surface area (Å²) in [5, 5.41) is 7.47. The average Bonchev–Trinajstić information content (AvgIpc) is 2.38. The lowest BCUT2D eigenvalue weighted by atomic mass is 10.0. The topological polar surface area (TPSA) is 69.2 Å². The maximum atomic E-state index is 7.47. The van der Waals surface area contributed by atoms with E-state index in [1.807, 2.05) is 6.07 Å². The van der Waals surface area contributed by atoms with Crippen LogP contribution in [0.3, 0.4) is 0 Å². The SMILES string of the molecule is CN1CCCC(N(C)c2cc(C(=N)N)ccn2)C1. The van der Waals surface area contributed by atoms with Crippen LogP contribution in [0.25, 0.3) is 0 Å². The Kier molecular flexibility index (Phi) is 3.81. The number of hydrogen-bond donors (Lipinski definition) is 2. The Hall–Kier alpha value is -1.62. The number of likely N-dealkylation sites (N-methyl/N-ethyl adjacent to an activating group) is 2. The Bertz CT molecular complexity index is 431. The second kappa shape index (κ2) is 5.35. The van der Waals surface area contributed by atoms with Crippen molar-refractivity contribution in [3.8, 4) is 0 Å². The number of amidine groups is 1. The minimum Gasteiger partial charge on any atom is -0.384 e. The molecule has 1 atom stereocenters. The molecule has 0 aliphatic carbocycles. The van der Waals surface area contributed by atoms with E-state index in [-0.39, 0.29) is 5.84 Å². The van der Waals surface area contributed by atoms with Crippen LogP contribution in [-0.4, -0.2) is 48.9 Å². The summed E-state index contributed by atoms with van der Waals surface area (Å²) in [6, 6.07) is 4.14. The highest BCUT2D eigenvalue weighted by atomic mass is 15.2. The quantitative estimate of drug-likeness (QED) is 0.615. The molecule has 2 rings (SSSR count). The molecule has 98 valence electrons. The lowest BCUT2D eigenvalue weighted by Crippen LogP contribution is -2.45. The van der Waals surface area contributed by atoms with Gasteiger partial charge in [-0.05, 0) is 38.6 Å². The van der Waals surface area contributed by atoms with E-state index >= 15 is 0 Å². The molecule has 1 aliphatic heterocycles. The van der Waals surface area contributed by atoms with E-state index in [9.17, 15) is 0 Å². The van der Waals surface area contributed by atoms with E-state index < -0.39 is 0 Å². The number of rotatable bonds is 3. The molecular formula is C13H21N5. The van der Waals surface area contributed by atoms with Crippen LogP contribution in [0.4, 0.5) is 5.82 Å². The molecule has 0 radical (unpaired) electrons. The number of aromatic nitrogens is 1. The molecule has 0 amide bonds. The molecule has 0 bridgehead atoms. The van der Waals surface area contributed by atoms with E-state index in [4.69, 9.17) is 11.1 Å². The molecule has 0 spiro atoms. The largest absolute Gasteiger partial charge is 0.384 e. The number of pyridine rings is 1. The molecule has 0 saturated carbocycles. The van der Waals surface area contributed by atoms with E-state index in [1.54, 1.807) is 12.3 Å². The molecule has 5 heteroatoms. The van der Waals surface area contributed by atoms with Crippen LogP contribution in [-0.2, 0) is 0 Å². The van der Waals surface area contributed by atoms with Crippen molar-refractivity contribution in [1.29, 1.82) is 5.41 Å². The number of nitrogens with two attached hydrogens (primary N) is 1. The summed E-state index contributed by atoms with van der Waals surface area (Å²) in [7, 11) is 4.22. The third-order valence-corrected chi connectivity index (χ3v) is 3.57. The fourth-order valence-corrected chi connectivity index (χ4v) is 2.42. The summed E-state index contributed by atoms with van der Waals surface area (Å²) in [6.45, 7) is 2.23. The Labute approximate surface area is 108 Å². The van der Waals surface area contributed by atoms with Crippen molar-refractivity contribution in [2.75, 3.05) is 32.1 Å². The molecule has 1 unspecified atom stereocenters. The van der Waals surface area contributed by atoms with Crippen molar-refractivity contribution in [2.24, 2.45) is 5.73 Å². The molecule has 2 heterocycles. The first-order valence-corrected chi connectivity index (χ1v) is 6.30. The Morgan fingerprint density at radius 1 is 1.61 bits per heavy atom. The van der Waals surface area contributed by atoms with Crippen molar-refractivity contribution in [1.82, 2.24) is 9.88 Å². The van der Waals surface area contributed by atoms with Gasteiger partial charge in [0.2, 0.25) is 0 Å². The van der Waals surface area contributed by atoms with Crippen LogP contribution in [0.2, 0.25) is 0 Å². The third-order valence-electron chi connectivity index (χ3n) is 3.57. The summed E-state index contributed by atoms with van der Waals surface area (Å²) in [5.74, 6) is 0.982. The third kappa shape index (κ3) is 2.79. The van der Waals surface area contributed by atoms with Gasteiger partial charge in [-0.25, -0.2) is 4.98 Å². The van der Waals surface area contributed by atoms with Crippen LogP contribution in [0, 0.1) is 5.41 Å². The van der Waals surface area contributed by atoms with Crippen LogP contribution in [0.1, 0.15) is 18.4 Å². The van der Waals surface area contributed by atoms with Gasteiger partial charge in [-0.1, -0.05) is 0 Å². The van der Waals surface area contributed by atoms with Gasteiger partial charge in [-0.3, -0.25) is 5.41 Å². The molecule has 0 aromatic carbocycles. The normalized spacial score (nSPS) is 20.7. The highest BCUT2D eigenvalue weighted by Crippen LogP contribution is 2.19. The minimum absolute atomic E-state index is 0.0906. The van der Waals surface area contributed by atoms with Gasteiger partial charge in [0.05, 0.1) is 0 Å². The first kappa shape index (κ1) is 12.8. The maximum absolute atomic E-state index is 7.47. The lowest BCUT2D eigenvalue weighted by Gasteiger charge is -2.36. The van der Waals surface area contributed by atoms with Gasteiger partial charge in [-0.2, -0.15) is 0 Å². The van der Waals surface area contributed by atoms with Crippen LogP contribution in [0.15, 0.2) is 18.3 Å². The number of piperidine rings is 1. The van der Waals surface area contributed by atoms with Crippen LogP contribution < -0.4 is 10.6 Å². The molecule has 1 aromatic heterocycles. The van der Waals surface area contributed by atoms with Crippen LogP contribution >= 0.6 is 0 Å². The fourth-order valence-electron chi connectivity index (χ4n) is 2.42. The maximum Gasteiger partial charge on any atom is 0.129 e. The zero-order valence-electron chi connectivity index (χ0n) is 11.1. The number of likely N-dealkylation sites (tertiary alicyclic amines) is 1. The Morgan fingerprint density at radius 2 is 2.39 bits per heavy atom. The Balaban J connectivity index is 2.14. The summed E-state index contributed by atoms with van der Waals surface area (Å²) in [4.78, 5) is 8.92. The summed E-state index contributed by atoms with van der Waals surface area (Å²) < 4.78 is 0. The summed E-state index contributed by atoms with van der Waals surface area (Å²) in [6.07, 6.45) is 4.12. The molecule has 3 N–H and O–H groups in total. The number of anilines is 1. The van der Waals surface area contributed by atoms with Crippen molar-refractivity contribution >= 4 is 11.7 Å². The Morgan fingerprint density at radius 3 is 3.06 bits per heavy atom. The van der Waals surface area contributed by atoms with E-state index in [2.05, 4.69) is 28.9 Å². The minimum atomic E-state index is 0.0906. The molecule has 18 heavy (non-hydrogen) atoms. The number of nitrogens with zero attached hydrogens (tertiary/aromatic N) is 3. The first-order chi connectivity index (χ1) is 8.58. The van der Waals surface area contributed by atoms with Gasteiger partial charge >= 0.3 is 0 Å². The second-order valence-corrected chi connectivity index (χ2v) is 4.99. The predicted molar refractivity (Wildman–Crippen MR) is 74.2 cm³/mol. The average molecular weight is 247 g/mol. The zero-order chi connectivity index (χ0) is 13.1. The summed E-state index contributed by atoms with van der Waals surface area (Å²) >= 11 is 0. The molecule has 5 nitrogen and oxygen atoms in total. The first-order valence-electron chi connectivity index (χ1n) is 6.30. The van der Waals surface area contributed by atoms with Crippen molar-refractivity contribution in [3.63, 3.8) is 0 Å². The molecule has 1 fully saturated rings. The second-order valence-electron chi connectivity index (χ2n) is 4.99. The highest BCUT2D eigenvalue weighted by Gasteiger charge is 2.22. The van der Waals surface area contributed by atoms with Gasteiger partial charge in [0.25, 0.3) is 0 Å². The van der Waals surface area contributed by atoms with Crippen LogP contribution in [0.5, 0.6) is 0 Å². The number of hydrogen-bond acceptors (Lipinski definition) is 4. The monoisotopic (exact) mass is 247 g/mol. The van der Waals surface area contributed by atoms with Crippen molar-refractivity contribution in [3.05, 3.63) is 23.9 Å². The van der Waals surface area contributed by atoms with E-state index in [1.165, 1.54) is 19.4 Å². The van der Waals surface area contributed by atoms with Gasteiger partial charge < -0.3 is 15.5 Å². The van der Waals surface area contributed by atoms with Gasteiger partial charge in [0, 0.05) is 31.4 Å². The lowest BCUT2D eigenvalue weighted by molar-refractivity contribution is 0.247. The van der Waals surface area contributed by atoms with E-state index in [0.717, 1.165) is 17.9 Å². The molecular weight excluding hydrogens is 226 g/mol. The van der Waals surface area contributed by atoms with Gasteiger partial charge in [-0.15, -0.1) is 0 Å². The fraction of sp³-hybridized carbons (Fsp3) is 0.538. The molecule has 1 aliphatic rings. The van der Waals surface area contributed by atoms with Crippen molar-refractivity contribution in [2.45, 2.75) is 18.9 Å². The number of nitrogens with one attached hydrogen (secondary N) is 1. The molecule has 1 aromatic rings. The smallest absolute Gasteiger partial charge is 0.129 e. The van der Waals surface area contributed by atoms with Gasteiger partial charge in [0.1, 0.15) is 11.7 Å². The summed E-state index contributed by atoms with van der Waals surface area (Å²) in [5.41, 5.74) is 6.24. The highest BCUT2D eigenvalue weighted by molar-refractivity contribution is 5.95. The number of nitrogen functional groups attached to an aromatic ring is 1. The van der Waals surface area contributed by atoms with Crippen molar-refractivity contribution < 1.29 is 0 Å². The predicted octanol–water partition coefficient (Wildman–Crippen LogP) is 0.896. The molecule has 1 saturated heterocycles. The zero-order valence-corrected chi connectivity index (χ0v) is 11.1. The van der Waals surface area contributed by atoms with Gasteiger partial charge in [0.15, 0.2) is 0 Å². The van der Waals surface area contributed by atoms with E-state index in [0.29, 0.717) is 6.04 Å². The standard InChI is InChI=1S/C13H21N5/c1-17-7-3-4-11(9-17)18(2)12-8-10(13(14)15)5-6-16-12/h5-6,8,11H,3-4,7,9H2,1-2H3,(H3,14,15).